The molecular formula is C21H32N4O2. The lowest BCUT2D eigenvalue weighted by Gasteiger charge is -2.39. The second-order valence-electron chi connectivity index (χ2n) is 7.79. The van der Waals surface area contributed by atoms with E-state index in [2.05, 4.69) is 15.1 Å². The van der Waals surface area contributed by atoms with E-state index in [4.69, 9.17) is 0 Å². The Kier molecular flexibility index (Phi) is 6.85. The second-order valence-corrected chi connectivity index (χ2v) is 7.79. The Morgan fingerprint density at radius 2 is 1.59 bits per heavy atom. The van der Waals surface area contributed by atoms with Crippen LogP contribution in [0.4, 0.5) is 5.69 Å². The fourth-order valence-corrected chi connectivity index (χ4v) is 3.88. The molecule has 2 aliphatic rings. The molecule has 6 nitrogen and oxygen atoms in total. The highest BCUT2D eigenvalue weighted by molar-refractivity contribution is 5.92. The number of amides is 2. The minimum absolute atomic E-state index is 0.0183. The molecule has 148 valence electrons. The van der Waals surface area contributed by atoms with Crippen molar-refractivity contribution in [1.29, 1.82) is 0 Å². The van der Waals surface area contributed by atoms with Crippen molar-refractivity contribution >= 4 is 17.5 Å². The maximum absolute atomic E-state index is 12.7. The molecule has 1 aromatic rings. The van der Waals surface area contributed by atoms with Gasteiger partial charge in [0.1, 0.15) is 0 Å². The van der Waals surface area contributed by atoms with E-state index < -0.39 is 0 Å². The number of likely N-dealkylation sites (tertiary alicyclic amines) is 1. The summed E-state index contributed by atoms with van der Waals surface area (Å²) in [5.74, 6) is 0.282. The normalized spacial score (nSPS) is 20.3. The highest BCUT2D eigenvalue weighted by Crippen LogP contribution is 2.14. The van der Waals surface area contributed by atoms with Gasteiger partial charge in [0.2, 0.25) is 11.8 Å². The van der Waals surface area contributed by atoms with Crippen LogP contribution < -0.4 is 5.32 Å². The van der Waals surface area contributed by atoms with E-state index in [1.165, 1.54) is 12.0 Å². The van der Waals surface area contributed by atoms with Crippen LogP contribution in [0.3, 0.4) is 0 Å². The standard InChI is InChI=1S/C21H32N4O2/c1-17-6-8-19(9-7-17)22-20(26)16-23-12-14-24(15-13-23)18(2)21(27)25-10-4-3-5-11-25/h6-9,18H,3-5,10-16H2,1-2H3,(H,22,26). The maximum Gasteiger partial charge on any atom is 0.239 e. The van der Waals surface area contributed by atoms with E-state index in [-0.39, 0.29) is 17.9 Å². The molecular weight excluding hydrogens is 340 g/mol. The van der Waals surface area contributed by atoms with E-state index in [1.807, 2.05) is 43.0 Å². The van der Waals surface area contributed by atoms with Crippen LogP contribution in [0.2, 0.25) is 0 Å². The van der Waals surface area contributed by atoms with E-state index in [0.29, 0.717) is 6.54 Å². The molecule has 6 heteroatoms. The van der Waals surface area contributed by atoms with Crippen LogP contribution >= 0.6 is 0 Å². The fraction of sp³-hybridized carbons (Fsp3) is 0.619. The van der Waals surface area contributed by atoms with E-state index in [9.17, 15) is 9.59 Å². The molecule has 27 heavy (non-hydrogen) atoms. The summed E-state index contributed by atoms with van der Waals surface area (Å²) < 4.78 is 0. The molecule has 2 aliphatic heterocycles. The lowest BCUT2D eigenvalue weighted by Crippen LogP contribution is -2.55. The van der Waals surface area contributed by atoms with E-state index in [1.54, 1.807) is 0 Å². The van der Waals surface area contributed by atoms with Crippen molar-refractivity contribution in [2.75, 3.05) is 51.1 Å². The van der Waals surface area contributed by atoms with Gasteiger partial charge in [0.25, 0.3) is 0 Å². The number of aryl methyl sites for hydroxylation is 1. The lowest BCUT2D eigenvalue weighted by atomic mass is 10.1. The van der Waals surface area contributed by atoms with Crippen LogP contribution in [-0.4, -0.2) is 78.4 Å². The quantitative estimate of drug-likeness (QED) is 0.858. The predicted octanol–water partition coefficient (Wildman–Crippen LogP) is 1.95. The van der Waals surface area contributed by atoms with Crippen LogP contribution in [-0.2, 0) is 9.59 Å². The molecule has 0 aromatic heterocycles. The molecule has 0 bridgehead atoms. The third-order valence-corrected chi connectivity index (χ3v) is 5.68. The van der Waals surface area contributed by atoms with Crippen molar-refractivity contribution in [1.82, 2.24) is 14.7 Å². The number of hydrogen-bond donors (Lipinski definition) is 1. The van der Waals surface area contributed by atoms with Gasteiger partial charge >= 0.3 is 0 Å². The largest absolute Gasteiger partial charge is 0.341 e. The average Bonchev–Trinajstić information content (AvgIpc) is 2.70. The summed E-state index contributed by atoms with van der Waals surface area (Å²) in [6.45, 7) is 9.56. The molecule has 2 heterocycles. The van der Waals surface area contributed by atoms with Gasteiger partial charge in [-0.05, 0) is 45.2 Å². The Morgan fingerprint density at radius 1 is 0.963 bits per heavy atom. The molecule has 0 saturated carbocycles. The Labute approximate surface area is 162 Å². The number of hydrogen-bond acceptors (Lipinski definition) is 4. The SMILES string of the molecule is Cc1ccc(NC(=O)CN2CCN(C(C)C(=O)N3CCCCC3)CC2)cc1. The molecule has 1 aromatic carbocycles. The van der Waals surface area contributed by atoms with Crippen LogP contribution in [0.5, 0.6) is 0 Å². The molecule has 0 spiro atoms. The summed E-state index contributed by atoms with van der Waals surface area (Å²) in [4.78, 5) is 31.4. The third kappa shape index (κ3) is 5.53. The molecule has 2 fully saturated rings. The van der Waals surface area contributed by atoms with Gasteiger partial charge in [-0.15, -0.1) is 0 Å². The van der Waals surface area contributed by atoms with Crippen molar-refractivity contribution in [3.8, 4) is 0 Å². The molecule has 1 N–H and O–H groups in total. The number of anilines is 1. The number of benzene rings is 1. The van der Waals surface area contributed by atoms with E-state index >= 15 is 0 Å². The zero-order valence-electron chi connectivity index (χ0n) is 16.6. The molecule has 2 amide bonds. The Hall–Kier alpha value is -1.92. The first-order chi connectivity index (χ1) is 13.0. The van der Waals surface area contributed by atoms with Crippen molar-refractivity contribution in [2.45, 2.75) is 39.2 Å². The summed E-state index contributed by atoms with van der Waals surface area (Å²) in [5.41, 5.74) is 2.02. The second kappa shape index (κ2) is 9.33. The van der Waals surface area contributed by atoms with Crippen molar-refractivity contribution in [3.05, 3.63) is 29.8 Å². The number of piperidine rings is 1. The van der Waals surface area contributed by atoms with Gasteiger partial charge in [0.15, 0.2) is 0 Å². The number of nitrogens with one attached hydrogen (secondary N) is 1. The first-order valence-corrected chi connectivity index (χ1v) is 10.1. The van der Waals surface area contributed by atoms with Gasteiger partial charge in [-0.2, -0.15) is 0 Å². The first-order valence-electron chi connectivity index (χ1n) is 10.1. The molecule has 1 unspecified atom stereocenters. The monoisotopic (exact) mass is 372 g/mol. The van der Waals surface area contributed by atoms with Crippen molar-refractivity contribution < 1.29 is 9.59 Å². The number of carbonyl (C=O) groups excluding carboxylic acids is 2. The fourth-order valence-electron chi connectivity index (χ4n) is 3.88. The van der Waals surface area contributed by atoms with Gasteiger partial charge in [-0.3, -0.25) is 19.4 Å². The Bertz CT molecular complexity index is 632. The number of piperazine rings is 1. The molecule has 1 atom stereocenters. The molecule has 0 radical (unpaired) electrons. The third-order valence-electron chi connectivity index (χ3n) is 5.68. The smallest absolute Gasteiger partial charge is 0.239 e. The highest BCUT2D eigenvalue weighted by Gasteiger charge is 2.29. The number of carbonyl (C=O) groups is 2. The molecule has 0 aliphatic carbocycles. The highest BCUT2D eigenvalue weighted by atomic mass is 16.2. The van der Waals surface area contributed by atoms with Crippen LogP contribution in [0.15, 0.2) is 24.3 Å². The van der Waals surface area contributed by atoms with Crippen LogP contribution in [0, 0.1) is 6.92 Å². The molecule has 2 saturated heterocycles. The average molecular weight is 373 g/mol. The zero-order chi connectivity index (χ0) is 19.2. The summed E-state index contributed by atoms with van der Waals surface area (Å²) >= 11 is 0. The lowest BCUT2D eigenvalue weighted by molar-refractivity contribution is -0.138. The topological polar surface area (TPSA) is 55.9 Å². The minimum Gasteiger partial charge on any atom is -0.341 e. The van der Waals surface area contributed by atoms with Crippen LogP contribution in [0.1, 0.15) is 31.7 Å². The van der Waals surface area contributed by atoms with Gasteiger partial charge in [0.05, 0.1) is 12.6 Å². The van der Waals surface area contributed by atoms with Gasteiger partial charge < -0.3 is 10.2 Å². The first kappa shape index (κ1) is 19.8. The maximum atomic E-state index is 12.7. The summed E-state index contributed by atoms with van der Waals surface area (Å²) in [6.07, 6.45) is 3.49. The van der Waals surface area contributed by atoms with Gasteiger partial charge in [-0.25, -0.2) is 0 Å². The summed E-state index contributed by atoms with van der Waals surface area (Å²) in [5, 5.41) is 2.96. The zero-order valence-corrected chi connectivity index (χ0v) is 16.6. The Morgan fingerprint density at radius 3 is 2.22 bits per heavy atom. The number of nitrogens with zero attached hydrogens (tertiary/aromatic N) is 3. The van der Waals surface area contributed by atoms with Crippen LogP contribution in [0.25, 0.3) is 0 Å². The summed E-state index contributed by atoms with van der Waals surface area (Å²) in [6, 6.07) is 7.79. The van der Waals surface area contributed by atoms with E-state index in [0.717, 1.165) is 57.8 Å². The predicted molar refractivity (Wildman–Crippen MR) is 108 cm³/mol. The minimum atomic E-state index is -0.0633. The van der Waals surface area contributed by atoms with Crippen molar-refractivity contribution in [2.24, 2.45) is 0 Å². The van der Waals surface area contributed by atoms with Gasteiger partial charge in [0, 0.05) is 45.0 Å². The van der Waals surface area contributed by atoms with Gasteiger partial charge in [-0.1, -0.05) is 17.7 Å². The Balaban J connectivity index is 1.42. The number of rotatable bonds is 5. The summed E-state index contributed by atoms with van der Waals surface area (Å²) in [7, 11) is 0. The van der Waals surface area contributed by atoms with Crippen molar-refractivity contribution in [3.63, 3.8) is 0 Å². The molecule has 3 rings (SSSR count).